The average molecular weight is 237 g/mol. The molecule has 1 heterocycles. The van der Waals surface area contributed by atoms with E-state index >= 15 is 0 Å². The number of carbonyl (C=O) groups is 1. The second kappa shape index (κ2) is 4.71. The van der Waals surface area contributed by atoms with Crippen LogP contribution >= 0.6 is 0 Å². The Kier molecular flexibility index (Phi) is 3.28. The van der Waals surface area contributed by atoms with Gasteiger partial charge in [-0.2, -0.15) is 0 Å². The van der Waals surface area contributed by atoms with E-state index in [0.29, 0.717) is 18.8 Å². The van der Waals surface area contributed by atoms with Crippen molar-refractivity contribution in [3.8, 4) is 0 Å². The quantitative estimate of drug-likeness (QED) is 0.799. The van der Waals surface area contributed by atoms with Crippen molar-refractivity contribution >= 4 is 11.6 Å². The number of nitrogens with two attached hydrogens (primary N) is 1. The molecule has 5 heteroatoms. The lowest BCUT2D eigenvalue weighted by Crippen LogP contribution is -2.48. The van der Waals surface area contributed by atoms with E-state index < -0.39 is 0 Å². The molecule has 0 spiro atoms. The van der Waals surface area contributed by atoms with E-state index in [9.17, 15) is 9.18 Å². The molecule has 1 saturated heterocycles. The second-order valence-corrected chi connectivity index (χ2v) is 4.24. The van der Waals surface area contributed by atoms with E-state index in [4.69, 9.17) is 5.73 Å². The van der Waals surface area contributed by atoms with Crippen LogP contribution in [0.5, 0.6) is 0 Å². The smallest absolute Gasteiger partial charge is 0.239 e. The third-order valence-corrected chi connectivity index (χ3v) is 2.86. The first kappa shape index (κ1) is 11.9. The molecule has 1 amide bonds. The molecule has 1 atom stereocenters. The van der Waals surface area contributed by atoms with Crippen molar-refractivity contribution in [2.24, 2.45) is 5.73 Å². The Balaban J connectivity index is 2.39. The number of nitrogens with zero attached hydrogens (tertiary/aromatic N) is 1. The highest BCUT2D eigenvalue weighted by atomic mass is 19.1. The highest BCUT2D eigenvalue weighted by Gasteiger charge is 2.22. The van der Waals surface area contributed by atoms with Crippen LogP contribution in [0.15, 0.2) is 18.2 Å². The fourth-order valence-corrected chi connectivity index (χ4v) is 2.06. The Morgan fingerprint density at radius 2 is 2.29 bits per heavy atom. The lowest BCUT2D eigenvalue weighted by molar-refractivity contribution is -0.120. The van der Waals surface area contributed by atoms with Crippen LogP contribution < -0.4 is 16.0 Å². The molecule has 1 fully saturated rings. The van der Waals surface area contributed by atoms with Crippen LogP contribution in [0.4, 0.5) is 10.1 Å². The van der Waals surface area contributed by atoms with Gasteiger partial charge < -0.3 is 16.0 Å². The highest BCUT2D eigenvalue weighted by molar-refractivity contribution is 5.83. The number of hydrogen-bond donors (Lipinski definition) is 2. The molecule has 0 bridgehead atoms. The summed E-state index contributed by atoms with van der Waals surface area (Å²) in [6, 6.07) is 4.58. The van der Waals surface area contributed by atoms with E-state index in [1.54, 1.807) is 17.0 Å². The monoisotopic (exact) mass is 237 g/mol. The number of halogens is 1. The molecule has 2 rings (SSSR count). The van der Waals surface area contributed by atoms with Crippen molar-refractivity contribution in [2.75, 3.05) is 24.5 Å². The van der Waals surface area contributed by atoms with Crippen molar-refractivity contribution in [3.63, 3.8) is 0 Å². The van der Waals surface area contributed by atoms with Gasteiger partial charge in [-0.3, -0.25) is 4.79 Å². The minimum atomic E-state index is -0.325. The summed E-state index contributed by atoms with van der Waals surface area (Å²) in [7, 11) is 0. The van der Waals surface area contributed by atoms with E-state index in [1.165, 1.54) is 6.07 Å². The topological polar surface area (TPSA) is 58.4 Å². The van der Waals surface area contributed by atoms with Crippen molar-refractivity contribution in [2.45, 2.75) is 13.0 Å². The van der Waals surface area contributed by atoms with Gasteiger partial charge in [-0.05, 0) is 18.6 Å². The SMILES string of the molecule is CC(N)c1cccc(F)c1N1CCNC(=O)C1. The number of carbonyl (C=O) groups excluding carboxylic acids is 1. The number of piperazine rings is 1. The molecule has 92 valence electrons. The molecule has 0 radical (unpaired) electrons. The first-order valence-electron chi connectivity index (χ1n) is 5.65. The predicted molar refractivity (Wildman–Crippen MR) is 64.2 cm³/mol. The normalized spacial score (nSPS) is 17.8. The molecule has 0 saturated carbocycles. The summed E-state index contributed by atoms with van der Waals surface area (Å²) in [6.07, 6.45) is 0. The molecular weight excluding hydrogens is 221 g/mol. The summed E-state index contributed by atoms with van der Waals surface area (Å²) >= 11 is 0. The van der Waals surface area contributed by atoms with Gasteiger partial charge in [0.05, 0.1) is 12.2 Å². The highest BCUT2D eigenvalue weighted by Crippen LogP contribution is 2.28. The van der Waals surface area contributed by atoms with Gasteiger partial charge in [-0.25, -0.2) is 4.39 Å². The molecule has 1 aliphatic rings. The fraction of sp³-hybridized carbons (Fsp3) is 0.417. The summed E-state index contributed by atoms with van der Waals surface area (Å²) in [5.41, 5.74) is 7.02. The van der Waals surface area contributed by atoms with Gasteiger partial charge in [0.25, 0.3) is 0 Å². The molecular formula is C12H16FN3O. The van der Waals surface area contributed by atoms with Crippen molar-refractivity contribution in [1.82, 2.24) is 5.32 Å². The van der Waals surface area contributed by atoms with Crippen molar-refractivity contribution in [1.29, 1.82) is 0 Å². The van der Waals surface area contributed by atoms with Crippen LogP contribution in [-0.2, 0) is 4.79 Å². The largest absolute Gasteiger partial charge is 0.358 e. The summed E-state index contributed by atoms with van der Waals surface area (Å²) in [5, 5.41) is 2.72. The number of anilines is 1. The molecule has 3 N–H and O–H groups in total. The third kappa shape index (κ3) is 2.39. The van der Waals surface area contributed by atoms with Crippen LogP contribution in [0.1, 0.15) is 18.5 Å². The Hall–Kier alpha value is -1.62. The minimum Gasteiger partial charge on any atom is -0.358 e. The molecule has 4 nitrogen and oxygen atoms in total. The Morgan fingerprint density at radius 1 is 1.53 bits per heavy atom. The number of hydrogen-bond acceptors (Lipinski definition) is 3. The van der Waals surface area contributed by atoms with Gasteiger partial charge in [0.2, 0.25) is 5.91 Å². The lowest BCUT2D eigenvalue weighted by Gasteiger charge is -2.31. The second-order valence-electron chi connectivity index (χ2n) is 4.24. The van der Waals surface area contributed by atoms with Crippen LogP contribution in [0.25, 0.3) is 0 Å². The molecule has 1 unspecified atom stereocenters. The zero-order valence-corrected chi connectivity index (χ0v) is 9.74. The van der Waals surface area contributed by atoms with Gasteiger partial charge in [0.15, 0.2) is 0 Å². The van der Waals surface area contributed by atoms with Crippen molar-refractivity contribution in [3.05, 3.63) is 29.6 Å². The van der Waals surface area contributed by atoms with Crippen LogP contribution in [0, 0.1) is 5.82 Å². The Labute approximate surface area is 99.6 Å². The van der Waals surface area contributed by atoms with Gasteiger partial charge in [-0.15, -0.1) is 0 Å². The maximum absolute atomic E-state index is 13.9. The molecule has 1 aromatic carbocycles. The zero-order chi connectivity index (χ0) is 12.4. The summed E-state index contributed by atoms with van der Waals surface area (Å²) < 4.78 is 13.9. The van der Waals surface area contributed by atoms with Crippen molar-refractivity contribution < 1.29 is 9.18 Å². The minimum absolute atomic E-state index is 0.0878. The summed E-state index contributed by atoms with van der Waals surface area (Å²) in [5.74, 6) is -0.412. The Morgan fingerprint density at radius 3 is 2.94 bits per heavy atom. The van der Waals surface area contributed by atoms with E-state index in [-0.39, 0.29) is 24.3 Å². The first-order valence-corrected chi connectivity index (χ1v) is 5.65. The van der Waals surface area contributed by atoms with Crippen LogP contribution in [0.2, 0.25) is 0 Å². The predicted octanol–water partition coefficient (Wildman–Crippen LogP) is 0.782. The maximum atomic E-state index is 13.9. The standard InChI is InChI=1S/C12H16FN3O/c1-8(14)9-3-2-4-10(13)12(9)16-6-5-15-11(17)7-16/h2-4,8H,5-7,14H2,1H3,(H,15,17). The van der Waals surface area contributed by atoms with Gasteiger partial charge in [-0.1, -0.05) is 12.1 Å². The number of amides is 1. The third-order valence-electron chi connectivity index (χ3n) is 2.86. The average Bonchev–Trinajstić information content (AvgIpc) is 2.28. The number of benzene rings is 1. The number of rotatable bonds is 2. The lowest BCUT2D eigenvalue weighted by atomic mass is 10.0. The molecule has 0 aliphatic carbocycles. The molecule has 0 aromatic heterocycles. The molecule has 17 heavy (non-hydrogen) atoms. The number of nitrogens with one attached hydrogen (secondary N) is 1. The fourth-order valence-electron chi connectivity index (χ4n) is 2.06. The molecule has 1 aliphatic heterocycles. The first-order chi connectivity index (χ1) is 8.09. The summed E-state index contributed by atoms with van der Waals surface area (Å²) in [4.78, 5) is 13.1. The van der Waals surface area contributed by atoms with Gasteiger partial charge in [0, 0.05) is 19.1 Å². The van der Waals surface area contributed by atoms with Crippen LogP contribution in [0.3, 0.4) is 0 Å². The van der Waals surface area contributed by atoms with E-state index in [0.717, 1.165) is 5.56 Å². The van der Waals surface area contributed by atoms with Gasteiger partial charge in [0.1, 0.15) is 5.82 Å². The maximum Gasteiger partial charge on any atom is 0.239 e. The Bertz CT molecular complexity index is 434. The van der Waals surface area contributed by atoms with Gasteiger partial charge >= 0.3 is 0 Å². The van der Waals surface area contributed by atoms with E-state index in [2.05, 4.69) is 5.32 Å². The summed E-state index contributed by atoms with van der Waals surface area (Å²) in [6.45, 7) is 3.13. The molecule has 1 aromatic rings. The van der Waals surface area contributed by atoms with E-state index in [1.807, 2.05) is 6.92 Å². The zero-order valence-electron chi connectivity index (χ0n) is 9.74. The van der Waals surface area contributed by atoms with Crippen LogP contribution in [-0.4, -0.2) is 25.5 Å². The number of para-hydroxylation sites is 1.